The van der Waals surface area contributed by atoms with Gasteiger partial charge in [-0.25, -0.2) is 14.4 Å². The highest BCUT2D eigenvalue weighted by molar-refractivity contribution is 5.81. The highest BCUT2D eigenvalue weighted by Crippen LogP contribution is 2.41. The number of carbonyl (C=O) groups excluding carboxylic acids is 1. The molecule has 0 amide bonds. The number of aliphatic carboxylic acids is 2. The summed E-state index contributed by atoms with van der Waals surface area (Å²) in [5.41, 5.74) is -1.13. The molecule has 5 N–H and O–H groups in total. The van der Waals surface area contributed by atoms with Gasteiger partial charge < -0.3 is 58.7 Å². The predicted molar refractivity (Wildman–Crippen MR) is 155 cm³/mol. The summed E-state index contributed by atoms with van der Waals surface area (Å²) in [7, 11) is 0. The van der Waals surface area contributed by atoms with Crippen molar-refractivity contribution in [3.05, 3.63) is 12.7 Å². The molecule has 11 atom stereocenters. The quantitative estimate of drug-likeness (QED) is 0.105. The lowest BCUT2D eigenvalue weighted by Gasteiger charge is -2.52. The lowest BCUT2D eigenvalue weighted by atomic mass is 9.74. The van der Waals surface area contributed by atoms with E-state index >= 15 is 0 Å². The summed E-state index contributed by atoms with van der Waals surface area (Å²) in [6.45, 7) is 13.8. The first-order chi connectivity index (χ1) is 20.9. The van der Waals surface area contributed by atoms with Crippen LogP contribution in [0.3, 0.4) is 0 Å². The first-order valence-electron chi connectivity index (χ1n) is 15.0. The third-order valence-electron chi connectivity index (χ3n) is 8.04. The number of carbonyl (C=O) groups is 3. The minimum Gasteiger partial charge on any atom is -0.480 e. The summed E-state index contributed by atoms with van der Waals surface area (Å²) in [5.74, 6) is -3.45. The number of aliphatic hydroxyl groups excluding tert-OH is 3. The largest absolute Gasteiger partial charge is 0.480 e. The zero-order valence-electron chi connectivity index (χ0n) is 26.9. The molecule has 0 radical (unpaired) electrons. The number of esters is 1. The van der Waals surface area contributed by atoms with Crippen molar-refractivity contribution in [1.82, 2.24) is 0 Å². The minimum atomic E-state index is -1.45. The topological polar surface area (TPSA) is 217 Å². The van der Waals surface area contributed by atoms with Crippen molar-refractivity contribution in [3.63, 3.8) is 0 Å². The Kier molecular flexibility index (Phi) is 14.8. The van der Waals surface area contributed by atoms with Crippen LogP contribution in [0.5, 0.6) is 0 Å². The first-order valence-corrected chi connectivity index (χ1v) is 15.0. The molecule has 2 saturated heterocycles. The molecular formula is C30H50O15. The van der Waals surface area contributed by atoms with E-state index in [1.54, 1.807) is 48.5 Å². The summed E-state index contributed by atoms with van der Waals surface area (Å²) in [5, 5.41) is 51.6. The normalized spacial score (nSPS) is 33.2. The molecule has 45 heavy (non-hydrogen) atoms. The Labute approximate surface area is 263 Å². The highest BCUT2D eigenvalue weighted by atomic mass is 16.6. The number of hydrogen-bond donors (Lipinski definition) is 5. The Hall–Kier alpha value is -2.21. The molecule has 2 heterocycles. The molecular weight excluding hydrogens is 600 g/mol. The Morgan fingerprint density at radius 1 is 0.800 bits per heavy atom. The van der Waals surface area contributed by atoms with E-state index in [0.717, 1.165) is 6.08 Å². The van der Waals surface area contributed by atoms with Gasteiger partial charge in [0.25, 0.3) is 0 Å². The third kappa shape index (κ3) is 10.4. The summed E-state index contributed by atoms with van der Waals surface area (Å²) in [6.07, 6.45) is -12.0. The van der Waals surface area contributed by atoms with Gasteiger partial charge in [0, 0.05) is 11.5 Å². The Bertz CT molecular complexity index is 984. The smallest absolute Gasteiger partial charge is 0.330 e. The molecule has 0 aromatic rings. The van der Waals surface area contributed by atoms with E-state index in [0.29, 0.717) is 0 Å². The van der Waals surface area contributed by atoms with Gasteiger partial charge in [-0.15, -0.1) is 0 Å². The van der Waals surface area contributed by atoms with Crippen LogP contribution in [0.2, 0.25) is 0 Å². The van der Waals surface area contributed by atoms with Gasteiger partial charge in [-0.3, -0.25) is 0 Å². The Morgan fingerprint density at radius 2 is 1.31 bits per heavy atom. The molecule has 0 bridgehead atoms. The van der Waals surface area contributed by atoms with Gasteiger partial charge in [0.2, 0.25) is 0 Å². The Balaban J connectivity index is 2.43. The van der Waals surface area contributed by atoms with E-state index in [1.165, 1.54) is 0 Å². The van der Waals surface area contributed by atoms with Crippen molar-refractivity contribution in [3.8, 4) is 0 Å². The van der Waals surface area contributed by atoms with Crippen LogP contribution in [0.1, 0.15) is 48.5 Å². The van der Waals surface area contributed by atoms with Gasteiger partial charge in [0.05, 0.1) is 31.5 Å². The van der Waals surface area contributed by atoms with Gasteiger partial charge in [-0.05, 0) is 26.7 Å². The number of aliphatic hydroxyl groups is 3. The molecule has 2 rings (SSSR count). The second-order valence-electron chi connectivity index (χ2n) is 12.6. The lowest BCUT2D eigenvalue weighted by Crippen LogP contribution is -2.66. The SMILES string of the molecule is C=CC(=O)OC1C(O)C(OC(C)C)C(COCC(=O)O)OC1C(C)(C)C(C)OC1C(COCC(=O)O)OC(C(C)C)C(O)C1O. The zero-order chi connectivity index (χ0) is 34.2. The molecule has 15 nitrogen and oxygen atoms in total. The maximum Gasteiger partial charge on any atom is 0.330 e. The van der Waals surface area contributed by atoms with Crippen molar-refractivity contribution in [2.75, 3.05) is 26.4 Å². The van der Waals surface area contributed by atoms with Crippen LogP contribution in [0.25, 0.3) is 0 Å². The van der Waals surface area contributed by atoms with E-state index in [2.05, 4.69) is 6.58 Å². The standard InChI is InChI=1S/C30H50O15/c1-9-21(35)45-28-24(38)27(41-15(4)5)18(11-40-13-20(33)34)44-29(28)30(7,8)16(6)42-26-17(10-39-12-19(31)32)43-25(14(2)3)22(36)23(26)37/h9,14-18,22-29,36-38H,1,10-13H2,2-8H3,(H,31,32)(H,33,34). The van der Waals surface area contributed by atoms with Crippen molar-refractivity contribution in [2.24, 2.45) is 11.3 Å². The monoisotopic (exact) mass is 650 g/mol. The molecule has 15 heteroatoms. The van der Waals surface area contributed by atoms with E-state index in [-0.39, 0.29) is 19.1 Å². The minimum absolute atomic E-state index is 0.204. The Morgan fingerprint density at radius 3 is 1.78 bits per heavy atom. The van der Waals surface area contributed by atoms with Crippen LogP contribution in [-0.2, 0) is 47.5 Å². The second kappa shape index (κ2) is 17.1. The number of hydrogen-bond acceptors (Lipinski definition) is 13. The molecule has 2 fully saturated rings. The predicted octanol–water partition coefficient (Wildman–Crippen LogP) is 0.154. The number of rotatable bonds is 17. The van der Waals surface area contributed by atoms with Crippen molar-refractivity contribution >= 4 is 17.9 Å². The zero-order valence-corrected chi connectivity index (χ0v) is 26.9. The highest BCUT2D eigenvalue weighted by Gasteiger charge is 2.56. The van der Waals surface area contributed by atoms with Gasteiger partial charge in [-0.2, -0.15) is 0 Å². The lowest BCUT2D eigenvalue weighted by molar-refractivity contribution is -0.298. The van der Waals surface area contributed by atoms with Gasteiger partial charge in [0.15, 0.2) is 6.10 Å². The average Bonchev–Trinajstić information content (AvgIpc) is 2.94. The summed E-state index contributed by atoms with van der Waals surface area (Å²) < 4.78 is 40.8. The van der Waals surface area contributed by atoms with Crippen LogP contribution in [0.15, 0.2) is 12.7 Å². The molecule has 11 unspecified atom stereocenters. The van der Waals surface area contributed by atoms with E-state index in [4.69, 9.17) is 43.4 Å². The van der Waals surface area contributed by atoms with Crippen molar-refractivity contribution < 1.29 is 73.1 Å². The molecule has 260 valence electrons. The molecule has 0 spiro atoms. The first kappa shape index (κ1) is 39.0. The van der Waals surface area contributed by atoms with Crippen LogP contribution in [0, 0.1) is 11.3 Å². The van der Waals surface area contributed by atoms with Gasteiger partial charge in [-0.1, -0.05) is 34.3 Å². The summed E-state index contributed by atoms with van der Waals surface area (Å²) in [6, 6.07) is 0. The van der Waals surface area contributed by atoms with Gasteiger partial charge >= 0.3 is 17.9 Å². The van der Waals surface area contributed by atoms with E-state index in [9.17, 15) is 29.7 Å². The fraction of sp³-hybridized carbons (Fsp3) is 0.833. The number of ether oxygens (including phenoxy) is 7. The van der Waals surface area contributed by atoms with Crippen molar-refractivity contribution in [2.45, 2.75) is 122 Å². The molecule has 0 aromatic carbocycles. The summed E-state index contributed by atoms with van der Waals surface area (Å²) >= 11 is 0. The second-order valence-corrected chi connectivity index (χ2v) is 12.6. The van der Waals surface area contributed by atoms with Crippen LogP contribution >= 0.6 is 0 Å². The van der Waals surface area contributed by atoms with Crippen LogP contribution in [-0.4, -0.2) is 143 Å². The summed E-state index contributed by atoms with van der Waals surface area (Å²) in [4.78, 5) is 34.5. The molecule has 0 saturated carbocycles. The average molecular weight is 651 g/mol. The molecule has 0 aromatic heterocycles. The number of carboxylic acids is 2. The number of carboxylic acid groups (broad SMARTS) is 2. The molecule has 0 aliphatic carbocycles. The fourth-order valence-electron chi connectivity index (χ4n) is 5.45. The van der Waals surface area contributed by atoms with E-state index < -0.39 is 110 Å². The van der Waals surface area contributed by atoms with E-state index in [1.807, 2.05) is 0 Å². The third-order valence-corrected chi connectivity index (χ3v) is 8.04. The molecule has 2 aliphatic heterocycles. The van der Waals surface area contributed by atoms with Crippen LogP contribution < -0.4 is 0 Å². The fourth-order valence-corrected chi connectivity index (χ4v) is 5.45. The maximum atomic E-state index is 12.4. The van der Waals surface area contributed by atoms with Crippen LogP contribution in [0.4, 0.5) is 0 Å². The van der Waals surface area contributed by atoms with Crippen molar-refractivity contribution in [1.29, 1.82) is 0 Å². The van der Waals surface area contributed by atoms with Gasteiger partial charge in [0.1, 0.15) is 62.0 Å². The molecule has 2 aliphatic rings. The maximum absolute atomic E-state index is 12.4.